The van der Waals surface area contributed by atoms with Crippen LogP contribution in [0.5, 0.6) is 0 Å². The van der Waals surface area contributed by atoms with Crippen LogP contribution in [0.3, 0.4) is 0 Å². The summed E-state index contributed by atoms with van der Waals surface area (Å²) < 4.78 is 1.62. The molecule has 0 radical (unpaired) electrons. The van der Waals surface area contributed by atoms with Crippen molar-refractivity contribution in [3.63, 3.8) is 0 Å². The fourth-order valence-electron chi connectivity index (χ4n) is 2.66. The summed E-state index contributed by atoms with van der Waals surface area (Å²) in [4.78, 5) is 27.1. The predicted molar refractivity (Wildman–Crippen MR) is 78.6 cm³/mol. The zero-order chi connectivity index (χ0) is 15.9. The van der Waals surface area contributed by atoms with Gasteiger partial charge in [-0.3, -0.25) is 4.79 Å². The number of nitrogens with zero attached hydrogens (tertiary/aromatic N) is 3. The summed E-state index contributed by atoms with van der Waals surface area (Å²) in [5.74, 6) is -0.509. The van der Waals surface area contributed by atoms with E-state index in [0.29, 0.717) is 11.5 Å². The molecule has 1 atom stereocenters. The van der Waals surface area contributed by atoms with Gasteiger partial charge in [0.05, 0.1) is 5.56 Å². The van der Waals surface area contributed by atoms with E-state index in [1.807, 2.05) is 6.92 Å². The number of carboxylic acid groups (broad SMARTS) is 1. The van der Waals surface area contributed by atoms with Gasteiger partial charge >= 0.3 is 5.97 Å². The normalized spacial score (nSPS) is 16.9. The molecule has 7 nitrogen and oxygen atoms in total. The van der Waals surface area contributed by atoms with Gasteiger partial charge < -0.3 is 10.4 Å². The molecule has 2 N–H and O–H groups in total. The number of nitrogens with one attached hydrogen (secondary N) is 1. The van der Waals surface area contributed by atoms with Crippen molar-refractivity contribution in [2.24, 2.45) is 0 Å². The number of carbonyl (C=O) groups is 2. The molecule has 0 saturated carbocycles. The zero-order valence-electron chi connectivity index (χ0n) is 12.1. The quantitative estimate of drug-likeness (QED) is 0.897. The van der Waals surface area contributed by atoms with Crippen molar-refractivity contribution >= 4 is 17.7 Å². The van der Waals surface area contributed by atoms with E-state index in [0.717, 1.165) is 11.3 Å². The number of aromatic nitrogens is 3. The van der Waals surface area contributed by atoms with Crippen molar-refractivity contribution in [2.75, 3.05) is 5.32 Å². The maximum Gasteiger partial charge on any atom is 0.335 e. The maximum atomic E-state index is 12.0. The number of allylic oxidation sites excluding steroid dienone is 2. The fraction of sp³-hybridized carbons (Fsp3) is 0.200. The molecule has 1 aromatic heterocycles. The summed E-state index contributed by atoms with van der Waals surface area (Å²) in [6.45, 7) is 3.31. The average molecular weight is 298 g/mol. The van der Waals surface area contributed by atoms with Crippen LogP contribution in [0.4, 0.5) is 5.95 Å². The molecular formula is C15H14N4O3. The standard InChI is InChI=1S/C15H14N4O3/c1-8-12(9(2)20)13(19-15(18-8)16-7-17-19)10-3-5-11(6-4-10)14(21)22/h3-7,13H,1-2H3,(H,21,22)(H,16,17,18). The first kappa shape index (κ1) is 14.0. The summed E-state index contributed by atoms with van der Waals surface area (Å²) in [6.07, 6.45) is 1.41. The second-order valence-corrected chi connectivity index (χ2v) is 5.08. The van der Waals surface area contributed by atoms with Gasteiger partial charge in [0.15, 0.2) is 5.78 Å². The maximum absolute atomic E-state index is 12.0. The third-order valence-electron chi connectivity index (χ3n) is 3.65. The molecule has 0 aliphatic carbocycles. The molecule has 112 valence electrons. The lowest BCUT2D eigenvalue weighted by atomic mass is 9.93. The van der Waals surface area contributed by atoms with Crippen LogP contribution in [-0.2, 0) is 4.79 Å². The highest BCUT2D eigenvalue weighted by Crippen LogP contribution is 2.34. The first-order chi connectivity index (χ1) is 10.5. The lowest BCUT2D eigenvalue weighted by Crippen LogP contribution is -2.27. The largest absolute Gasteiger partial charge is 0.478 e. The highest BCUT2D eigenvalue weighted by atomic mass is 16.4. The third-order valence-corrected chi connectivity index (χ3v) is 3.65. The minimum atomic E-state index is -0.989. The van der Waals surface area contributed by atoms with Crippen molar-refractivity contribution in [3.8, 4) is 0 Å². The van der Waals surface area contributed by atoms with Gasteiger partial charge in [0, 0.05) is 11.3 Å². The van der Waals surface area contributed by atoms with Gasteiger partial charge in [0.25, 0.3) is 0 Å². The van der Waals surface area contributed by atoms with E-state index >= 15 is 0 Å². The van der Waals surface area contributed by atoms with Gasteiger partial charge in [-0.2, -0.15) is 10.1 Å². The Bertz CT molecular complexity index is 789. The van der Waals surface area contributed by atoms with E-state index in [2.05, 4.69) is 15.4 Å². The average Bonchev–Trinajstić information content (AvgIpc) is 2.93. The number of benzene rings is 1. The second-order valence-electron chi connectivity index (χ2n) is 5.08. The number of ketones is 1. The SMILES string of the molecule is CC(=O)C1=C(C)Nc2ncnn2C1c1ccc(C(=O)O)cc1. The lowest BCUT2D eigenvalue weighted by Gasteiger charge is -2.28. The molecule has 0 spiro atoms. The van der Waals surface area contributed by atoms with Crippen molar-refractivity contribution in [1.82, 2.24) is 14.8 Å². The van der Waals surface area contributed by atoms with Gasteiger partial charge in [-0.05, 0) is 31.5 Å². The minimum Gasteiger partial charge on any atom is -0.478 e. The molecule has 2 aromatic rings. The van der Waals surface area contributed by atoms with Crippen molar-refractivity contribution in [2.45, 2.75) is 19.9 Å². The molecule has 1 unspecified atom stereocenters. The predicted octanol–water partition coefficient (Wildman–Crippen LogP) is 1.85. The molecule has 0 bridgehead atoms. The van der Waals surface area contributed by atoms with Crippen LogP contribution in [0, 0.1) is 0 Å². The molecule has 1 aliphatic rings. The fourth-order valence-corrected chi connectivity index (χ4v) is 2.66. The van der Waals surface area contributed by atoms with Crippen LogP contribution in [0.1, 0.15) is 35.8 Å². The van der Waals surface area contributed by atoms with Crippen molar-refractivity contribution in [1.29, 1.82) is 0 Å². The molecule has 0 amide bonds. The second kappa shape index (κ2) is 5.10. The number of hydrogen-bond acceptors (Lipinski definition) is 5. The number of carbonyl (C=O) groups excluding carboxylic acids is 1. The summed E-state index contributed by atoms with van der Waals surface area (Å²) >= 11 is 0. The molecular weight excluding hydrogens is 284 g/mol. The molecule has 22 heavy (non-hydrogen) atoms. The van der Waals surface area contributed by atoms with E-state index in [9.17, 15) is 9.59 Å². The minimum absolute atomic E-state index is 0.0709. The monoisotopic (exact) mass is 298 g/mol. The van der Waals surface area contributed by atoms with Crippen molar-refractivity contribution < 1.29 is 14.7 Å². The van der Waals surface area contributed by atoms with E-state index in [1.54, 1.807) is 16.8 Å². The van der Waals surface area contributed by atoms with Crippen LogP contribution in [-0.4, -0.2) is 31.6 Å². The van der Waals surface area contributed by atoms with Crippen LogP contribution in [0.2, 0.25) is 0 Å². The Balaban J connectivity index is 2.14. The molecule has 1 aliphatic heterocycles. The summed E-state index contributed by atoms with van der Waals surface area (Å²) in [5.41, 5.74) is 2.28. The molecule has 0 fully saturated rings. The van der Waals surface area contributed by atoms with Crippen LogP contribution >= 0.6 is 0 Å². The molecule has 2 heterocycles. The van der Waals surface area contributed by atoms with E-state index < -0.39 is 12.0 Å². The van der Waals surface area contributed by atoms with Crippen LogP contribution < -0.4 is 5.32 Å². The smallest absolute Gasteiger partial charge is 0.335 e. The molecule has 1 aromatic carbocycles. The molecule has 7 heteroatoms. The van der Waals surface area contributed by atoms with Crippen LogP contribution in [0.15, 0.2) is 41.9 Å². The van der Waals surface area contributed by atoms with Gasteiger partial charge in [-0.15, -0.1) is 0 Å². The Labute approximate surface area is 126 Å². The Hall–Kier alpha value is -2.96. The molecule has 0 saturated heterocycles. The number of hydrogen-bond donors (Lipinski definition) is 2. The Kier molecular flexibility index (Phi) is 3.25. The Morgan fingerprint density at radius 1 is 1.27 bits per heavy atom. The first-order valence-corrected chi connectivity index (χ1v) is 6.70. The van der Waals surface area contributed by atoms with E-state index in [1.165, 1.54) is 25.4 Å². The van der Waals surface area contributed by atoms with Gasteiger partial charge in [-0.25, -0.2) is 9.48 Å². The van der Waals surface area contributed by atoms with Crippen molar-refractivity contribution in [3.05, 3.63) is 53.0 Å². The summed E-state index contributed by atoms with van der Waals surface area (Å²) in [5, 5.41) is 16.2. The third kappa shape index (κ3) is 2.16. The number of anilines is 1. The number of rotatable bonds is 3. The highest BCUT2D eigenvalue weighted by Gasteiger charge is 2.31. The topological polar surface area (TPSA) is 97.1 Å². The Morgan fingerprint density at radius 3 is 2.55 bits per heavy atom. The first-order valence-electron chi connectivity index (χ1n) is 6.70. The number of fused-ring (bicyclic) bond motifs is 1. The van der Waals surface area contributed by atoms with E-state index in [-0.39, 0.29) is 11.3 Å². The van der Waals surface area contributed by atoms with Gasteiger partial charge in [0.2, 0.25) is 5.95 Å². The highest BCUT2D eigenvalue weighted by molar-refractivity contribution is 5.96. The Morgan fingerprint density at radius 2 is 1.95 bits per heavy atom. The van der Waals surface area contributed by atoms with E-state index in [4.69, 9.17) is 5.11 Å². The summed E-state index contributed by atoms with van der Waals surface area (Å²) in [6, 6.07) is 6.01. The number of Topliss-reactive ketones (excluding diaryl/α,β-unsaturated/α-hetero) is 1. The van der Waals surface area contributed by atoms with Gasteiger partial charge in [-0.1, -0.05) is 12.1 Å². The number of carboxylic acids is 1. The van der Waals surface area contributed by atoms with Crippen LogP contribution in [0.25, 0.3) is 0 Å². The van der Waals surface area contributed by atoms with Gasteiger partial charge in [0.1, 0.15) is 12.4 Å². The zero-order valence-corrected chi connectivity index (χ0v) is 12.1. The lowest BCUT2D eigenvalue weighted by molar-refractivity contribution is -0.114. The number of aromatic carboxylic acids is 1. The summed E-state index contributed by atoms with van der Waals surface area (Å²) in [7, 11) is 0. The molecule has 3 rings (SSSR count).